The maximum absolute atomic E-state index is 13.0. The number of hydrogen-bond acceptors (Lipinski definition) is 5. The molecule has 0 aliphatic rings. The number of rotatable bonds is 4. The normalized spacial score (nSPS) is 13.6. The van der Waals surface area contributed by atoms with Gasteiger partial charge in [-0.25, -0.2) is 4.79 Å². The lowest BCUT2D eigenvalue weighted by Gasteiger charge is -2.35. The largest absolute Gasteiger partial charge is 0.506 e. The molecule has 0 saturated heterocycles. The summed E-state index contributed by atoms with van der Waals surface area (Å²) in [5, 5.41) is 9.56. The Hall–Kier alpha value is -1.29. The topological polar surface area (TPSA) is 101 Å². The molecule has 1 aromatic rings. The van der Waals surface area contributed by atoms with Crippen molar-refractivity contribution < 1.29 is 54.0 Å². The molecular formula is C11H7F6IO6S. The van der Waals surface area contributed by atoms with Gasteiger partial charge in [0, 0.05) is 0 Å². The lowest BCUT2D eigenvalue weighted by Crippen LogP contribution is -2.63. The lowest BCUT2D eigenvalue weighted by molar-refractivity contribution is -0.356. The van der Waals surface area contributed by atoms with Crippen molar-refractivity contribution in [2.24, 2.45) is 0 Å². The standard InChI is InChI=1S/C11H7F6IO6S/c12-10(13,14)9(11(15,16)17,4-25(21,22)23)24-8(20)5-2-1-3-6(18)7(5)19/h1-3,19H,4H2,(H,21,22,23). The average molecular weight is 508 g/mol. The van der Waals surface area contributed by atoms with E-state index in [1.165, 1.54) is 28.7 Å². The van der Waals surface area contributed by atoms with E-state index < -0.39 is 51.1 Å². The molecule has 25 heavy (non-hydrogen) atoms. The molecular weight excluding hydrogens is 501 g/mol. The van der Waals surface area contributed by atoms with Gasteiger partial charge in [-0.05, 0) is 34.7 Å². The third-order valence-corrected chi connectivity index (χ3v) is 4.42. The van der Waals surface area contributed by atoms with Crippen LogP contribution < -0.4 is 0 Å². The molecule has 0 atom stereocenters. The molecule has 0 bridgehead atoms. The van der Waals surface area contributed by atoms with Gasteiger partial charge in [-0.15, -0.1) is 0 Å². The number of carbonyl (C=O) groups excluding carboxylic acids is 1. The van der Waals surface area contributed by atoms with Crippen LogP contribution in [0.1, 0.15) is 10.4 Å². The molecule has 1 rings (SSSR count). The molecule has 0 aliphatic heterocycles. The number of para-hydroxylation sites is 1. The van der Waals surface area contributed by atoms with Crippen molar-refractivity contribution in [2.75, 3.05) is 5.75 Å². The van der Waals surface area contributed by atoms with Crippen LogP contribution in [0.25, 0.3) is 0 Å². The summed E-state index contributed by atoms with van der Waals surface area (Å²) in [5.41, 5.74) is -6.58. The van der Waals surface area contributed by atoms with Gasteiger partial charge < -0.3 is 9.84 Å². The molecule has 14 heteroatoms. The molecule has 0 heterocycles. The number of hydrogen-bond donors (Lipinski definition) is 2. The summed E-state index contributed by atoms with van der Waals surface area (Å²) in [6.45, 7) is 0. The highest BCUT2D eigenvalue weighted by Gasteiger charge is 2.76. The van der Waals surface area contributed by atoms with E-state index in [1.54, 1.807) is 0 Å². The second kappa shape index (κ2) is 6.79. The molecule has 1 aromatic carbocycles. The van der Waals surface area contributed by atoms with Crippen molar-refractivity contribution in [1.29, 1.82) is 0 Å². The summed E-state index contributed by atoms with van der Waals surface area (Å²) in [6, 6.07) is 2.89. The number of halogens is 7. The number of carbonyl (C=O) groups is 1. The molecule has 0 aliphatic carbocycles. The van der Waals surface area contributed by atoms with Gasteiger partial charge in [0.2, 0.25) is 0 Å². The van der Waals surface area contributed by atoms with Gasteiger partial charge in [-0.3, -0.25) is 4.55 Å². The first-order valence-corrected chi connectivity index (χ1v) is 8.50. The van der Waals surface area contributed by atoms with Gasteiger partial charge in [0.1, 0.15) is 17.1 Å². The summed E-state index contributed by atoms with van der Waals surface area (Å²) in [7, 11) is -5.88. The summed E-state index contributed by atoms with van der Waals surface area (Å²) in [6.07, 6.45) is -12.9. The van der Waals surface area contributed by atoms with Crippen molar-refractivity contribution in [2.45, 2.75) is 18.0 Å². The van der Waals surface area contributed by atoms with Crippen molar-refractivity contribution in [3.8, 4) is 5.75 Å². The van der Waals surface area contributed by atoms with Gasteiger partial charge in [0.25, 0.3) is 10.1 Å². The molecule has 0 aromatic heterocycles. The number of aromatic hydroxyl groups is 1. The Kier molecular flexibility index (Phi) is 5.91. The number of ether oxygens (including phenoxy) is 1. The summed E-state index contributed by atoms with van der Waals surface area (Å²) in [4.78, 5) is 11.8. The predicted octanol–water partition coefficient (Wildman–Crippen LogP) is 2.90. The Balaban J connectivity index is 3.53. The number of phenolic OH excluding ortho intramolecular Hbond substituents is 1. The monoisotopic (exact) mass is 508 g/mol. The maximum atomic E-state index is 13.0. The average Bonchev–Trinajstić information content (AvgIpc) is 2.36. The fourth-order valence-electron chi connectivity index (χ4n) is 1.62. The van der Waals surface area contributed by atoms with Crippen LogP contribution in [0.5, 0.6) is 5.75 Å². The first-order valence-electron chi connectivity index (χ1n) is 5.81. The van der Waals surface area contributed by atoms with Crippen LogP contribution in [0.2, 0.25) is 0 Å². The van der Waals surface area contributed by atoms with E-state index in [1.807, 2.05) is 0 Å². The fraction of sp³-hybridized carbons (Fsp3) is 0.364. The zero-order valence-corrected chi connectivity index (χ0v) is 14.5. The third-order valence-electron chi connectivity index (χ3n) is 2.78. The molecule has 0 saturated carbocycles. The quantitative estimate of drug-likeness (QED) is 0.281. The number of alkyl halides is 6. The number of esters is 1. The van der Waals surface area contributed by atoms with Crippen LogP contribution >= 0.6 is 22.6 Å². The summed E-state index contributed by atoms with van der Waals surface area (Å²) in [5.74, 6) is -6.24. The lowest BCUT2D eigenvalue weighted by atomic mass is 10.1. The Morgan fingerprint density at radius 1 is 1.12 bits per heavy atom. The third kappa shape index (κ3) is 4.66. The highest BCUT2D eigenvalue weighted by molar-refractivity contribution is 14.1. The van der Waals surface area contributed by atoms with Crippen molar-refractivity contribution in [1.82, 2.24) is 0 Å². The SMILES string of the molecule is O=C(OC(CS(=O)(=O)O)(C(F)(F)F)C(F)(F)F)c1cccc(I)c1O. The highest BCUT2D eigenvalue weighted by atomic mass is 127. The van der Waals surface area contributed by atoms with Crippen molar-refractivity contribution in [3.05, 3.63) is 27.3 Å². The van der Waals surface area contributed by atoms with Crippen LogP contribution in [-0.2, 0) is 14.9 Å². The van der Waals surface area contributed by atoms with E-state index in [2.05, 4.69) is 4.74 Å². The van der Waals surface area contributed by atoms with Crippen LogP contribution in [0, 0.1) is 3.57 Å². The van der Waals surface area contributed by atoms with E-state index in [-0.39, 0.29) is 3.57 Å². The minimum absolute atomic E-state index is 0.0913. The van der Waals surface area contributed by atoms with E-state index in [0.29, 0.717) is 6.07 Å². The number of phenols is 1. The Morgan fingerprint density at radius 3 is 2.00 bits per heavy atom. The van der Waals surface area contributed by atoms with E-state index in [0.717, 1.165) is 6.07 Å². The molecule has 142 valence electrons. The maximum Gasteiger partial charge on any atom is 0.438 e. The second-order valence-electron chi connectivity index (χ2n) is 4.57. The van der Waals surface area contributed by atoms with Crippen LogP contribution in [0.4, 0.5) is 26.3 Å². The number of benzene rings is 1. The van der Waals surface area contributed by atoms with Gasteiger partial charge in [0.15, 0.2) is 0 Å². The first-order chi connectivity index (χ1) is 11.0. The fourth-order valence-corrected chi connectivity index (χ4v) is 3.02. The van der Waals surface area contributed by atoms with Crippen molar-refractivity contribution in [3.63, 3.8) is 0 Å². The second-order valence-corrected chi connectivity index (χ2v) is 7.19. The zero-order valence-electron chi connectivity index (χ0n) is 11.5. The van der Waals surface area contributed by atoms with Gasteiger partial charge in [0.05, 0.1) is 3.57 Å². The minimum atomic E-state index is -6.44. The highest BCUT2D eigenvalue weighted by Crippen LogP contribution is 2.47. The molecule has 0 fully saturated rings. The Morgan fingerprint density at radius 2 is 1.60 bits per heavy atom. The molecule has 2 N–H and O–H groups in total. The summed E-state index contributed by atoms with van der Waals surface area (Å²) >= 11 is 1.44. The first kappa shape index (κ1) is 21.8. The molecule has 0 amide bonds. The van der Waals surface area contributed by atoms with Crippen LogP contribution in [0.15, 0.2) is 18.2 Å². The van der Waals surface area contributed by atoms with Gasteiger partial charge in [-0.2, -0.15) is 34.8 Å². The van der Waals surface area contributed by atoms with E-state index >= 15 is 0 Å². The Labute approximate surface area is 149 Å². The van der Waals surface area contributed by atoms with Crippen molar-refractivity contribution >= 4 is 38.7 Å². The van der Waals surface area contributed by atoms with E-state index in [4.69, 9.17) is 4.55 Å². The molecule has 0 spiro atoms. The molecule has 0 radical (unpaired) electrons. The smallest absolute Gasteiger partial charge is 0.438 e. The molecule has 6 nitrogen and oxygen atoms in total. The molecule has 0 unspecified atom stereocenters. The Bertz CT molecular complexity index is 758. The van der Waals surface area contributed by atoms with Crippen LogP contribution in [0.3, 0.4) is 0 Å². The van der Waals surface area contributed by atoms with Crippen LogP contribution in [-0.4, -0.2) is 47.8 Å². The van der Waals surface area contributed by atoms with Gasteiger partial charge in [-0.1, -0.05) is 6.07 Å². The van der Waals surface area contributed by atoms with Gasteiger partial charge >= 0.3 is 23.9 Å². The minimum Gasteiger partial charge on any atom is -0.506 e. The summed E-state index contributed by atoms with van der Waals surface area (Å²) < 4.78 is 111. The predicted molar refractivity (Wildman–Crippen MR) is 77.5 cm³/mol. The van der Waals surface area contributed by atoms with E-state index in [9.17, 15) is 44.7 Å². The zero-order chi connectivity index (χ0) is 19.8.